The molecule has 0 radical (unpaired) electrons. The van der Waals surface area contributed by atoms with Crippen molar-refractivity contribution in [3.05, 3.63) is 12.8 Å². The summed E-state index contributed by atoms with van der Waals surface area (Å²) in [5.74, 6) is 1.73. The minimum atomic E-state index is 0.420. The zero-order valence-corrected chi connectivity index (χ0v) is 13.6. The molecule has 2 fully saturated rings. The van der Waals surface area contributed by atoms with E-state index in [2.05, 4.69) is 20.4 Å². The molecule has 0 aromatic heterocycles. The maximum absolute atomic E-state index is 5.57. The first-order valence-corrected chi connectivity index (χ1v) is 8.37. The molecule has 2 heteroatoms. The van der Waals surface area contributed by atoms with E-state index in [1.807, 2.05) is 7.11 Å². The lowest BCUT2D eigenvalue weighted by atomic mass is 9.60. The Morgan fingerprint density at radius 2 is 1.30 bits per heavy atom. The number of hydrogen-bond acceptors (Lipinski definition) is 2. The second-order valence-electron chi connectivity index (χ2n) is 7.31. The Kier molecular flexibility index (Phi) is 5.54. The van der Waals surface area contributed by atoms with Crippen LogP contribution in [0, 0.1) is 17.3 Å². The summed E-state index contributed by atoms with van der Waals surface area (Å²) in [7, 11) is 1.86. The Bertz CT molecular complexity index is 295. The zero-order chi connectivity index (χ0) is 14.6. The summed E-state index contributed by atoms with van der Waals surface area (Å²) >= 11 is 0. The molecule has 2 nitrogen and oxygen atoms in total. The zero-order valence-electron chi connectivity index (χ0n) is 13.6. The molecule has 0 heterocycles. The first-order chi connectivity index (χ1) is 9.57. The van der Waals surface area contributed by atoms with Crippen molar-refractivity contribution < 1.29 is 9.47 Å². The Morgan fingerprint density at radius 3 is 1.70 bits per heavy atom. The van der Waals surface area contributed by atoms with E-state index >= 15 is 0 Å². The van der Waals surface area contributed by atoms with E-state index < -0.39 is 0 Å². The van der Waals surface area contributed by atoms with E-state index in [1.54, 1.807) is 6.26 Å². The molecule has 0 aliphatic heterocycles. The molecule has 0 N–H and O–H groups in total. The summed E-state index contributed by atoms with van der Waals surface area (Å²) in [4.78, 5) is 0. The molecule has 0 aromatic carbocycles. The molecule has 2 saturated carbocycles. The second-order valence-corrected chi connectivity index (χ2v) is 7.31. The monoisotopic (exact) mass is 280 g/mol. The molecular weight excluding hydrogens is 248 g/mol. The molecule has 0 unspecified atom stereocenters. The van der Waals surface area contributed by atoms with Gasteiger partial charge in [-0.15, -0.1) is 0 Å². The molecule has 0 spiro atoms. The lowest BCUT2D eigenvalue weighted by Crippen LogP contribution is -2.38. The molecule has 2 aliphatic rings. The predicted octanol–water partition coefficient (Wildman–Crippen LogP) is 4.94. The van der Waals surface area contributed by atoms with Crippen LogP contribution in [-0.2, 0) is 9.47 Å². The molecule has 0 saturated heterocycles. The quantitative estimate of drug-likeness (QED) is 0.664. The molecule has 0 bridgehead atoms. The van der Waals surface area contributed by atoms with Gasteiger partial charge < -0.3 is 9.47 Å². The van der Waals surface area contributed by atoms with E-state index in [0.29, 0.717) is 17.6 Å². The third-order valence-electron chi connectivity index (χ3n) is 6.07. The van der Waals surface area contributed by atoms with E-state index in [0.717, 1.165) is 11.8 Å². The van der Waals surface area contributed by atoms with Crippen LogP contribution in [0.5, 0.6) is 0 Å². The van der Waals surface area contributed by atoms with Crippen LogP contribution in [0.3, 0.4) is 0 Å². The molecule has 0 amide bonds. The largest absolute Gasteiger partial charge is 0.499 e. The fourth-order valence-corrected chi connectivity index (χ4v) is 4.45. The Morgan fingerprint density at radius 1 is 0.850 bits per heavy atom. The molecule has 0 atom stereocenters. The summed E-state index contributed by atoms with van der Waals surface area (Å²) in [5, 5.41) is 0. The van der Waals surface area contributed by atoms with Crippen molar-refractivity contribution in [3.63, 3.8) is 0 Å². The van der Waals surface area contributed by atoms with Gasteiger partial charge in [-0.2, -0.15) is 0 Å². The molecule has 0 aromatic rings. The van der Waals surface area contributed by atoms with Gasteiger partial charge in [-0.1, -0.05) is 20.4 Å². The number of ether oxygens (including phenoxy) is 2. The van der Waals surface area contributed by atoms with Crippen LogP contribution in [0.2, 0.25) is 0 Å². The predicted molar refractivity (Wildman–Crippen MR) is 83.6 cm³/mol. The van der Waals surface area contributed by atoms with Gasteiger partial charge in [-0.25, -0.2) is 0 Å². The highest BCUT2D eigenvalue weighted by molar-refractivity contribution is 4.91. The minimum absolute atomic E-state index is 0.420. The highest BCUT2D eigenvalue weighted by Crippen LogP contribution is 2.48. The Labute approximate surface area is 124 Å². The van der Waals surface area contributed by atoms with Crippen LogP contribution >= 0.6 is 0 Å². The highest BCUT2D eigenvalue weighted by Gasteiger charge is 2.40. The maximum atomic E-state index is 5.57. The lowest BCUT2D eigenvalue weighted by Gasteiger charge is -2.46. The number of methoxy groups -OCH3 is 1. The van der Waals surface area contributed by atoms with Crippen LogP contribution < -0.4 is 0 Å². The minimum Gasteiger partial charge on any atom is -0.499 e. The molecule has 2 rings (SSSR count). The third kappa shape index (κ3) is 3.58. The Balaban J connectivity index is 1.86. The smallest absolute Gasteiger partial charge is 0.0978 e. The topological polar surface area (TPSA) is 18.5 Å². The van der Waals surface area contributed by atoms with Crippen LogP contribution in [0.15, 0.2) is 12.8 Å². The summed E-state index contributed by atoms with van der Waals surface area (Å²) in [6.45, 7) is 8.69. The normalized spacial score (nSPS) is 35.5. The van der Waals surface area contributed by atoms with Gasteiger partial charge in [0.2, 0.25) is 0 Å². The molecular formula is C18H32O2. The van der Waals surface area contributed by atoms with Crippen LogP contribution in [0.25, 0.3) is 0 Å². The summed E-state index contributed by atoms with van der Waals surface area (Å²) in [6, 6.07) is 0. The summed E-state index contributed by atoms with van der Waals surface area (Å²) in [6.07, 6.45) is 12.8. The first kappa shape index (κ1) is 15.9. The van der Waals surface area contributed by atoms with E-state index in [-0.39, 0.29) is 0 Å². The van der Waals surface area contributed by atoms with Gasteiger partial charge in [0, 0.05) is 7.11 Å². The van der Waals surface area contributed by atoms with E-state index in [1.165, 1.54) is 51.4 Å². The van der Waals surface area contributed by atoms with Crippen molar-refractivity contribution in [1.29, 1.82) is 0 Å². The van der Waals surface area contributed by atoms with Gasteiger partial charge in [0.15, 0.2) is 0 Å². The van der Waals surface area contributed by atoms with Crippen molar-refractivity contribution >= 4 is 0 Å². The van der Waals surface area contributed by atoms with Crippen LogP contribution in [0.4, 0.5) is 0 Å². The molecule has 2 aliphatic carbocycles. The van der Waals surface area contributed by atoms with Crippen molar-refractivity contribution in [3.8, 4) is 0 Å². The van der Waals surface area contributed by atoms with Crippen LogP contribution in [0.1, 0.15) is 65.2 Å². The van der Waals surface area contributed by atoms with Gasteiger partial charge >= 0.3 is 0 Å². The fraction of sp³-hybridized carbons (Fsp3) is 0.889. The maximum Gasteiger partial charge on any atom is 0.0978 e. The first-order valence-electron chi connectivity index (χ1n) is 8.37. The molecule has 116 valence electrons. The Hall–Kier alpha value is -0.500. The third-order valence-corrected chi connectivity index (χ3v) is 6.07. The van der Waals surface area contributed by atoms with Crippen molar-refractivity contribution in [2.75, 3.05) is 7.11 Å². The van der Waals surface area contributed by atoms with Crippen molar-refractivity contribution in [2.45, 2.75) is 77.4 Å². The lowest BCUT2D eigenvalue weighted by molar-refractivity contribution is -0.0109. The van der Waals surface area contributed by atoms with Gasteiger partial charge in [-0.05, 0) is 68.6 Å². The van der Waals surface area contributed by atoms with Gasteiger partial charge in [0.25, 0.3) is 0 Å². The van der Waals surface area contributed by atoms with Gasteiger partial charge in [-0.3, -0.25) is 0 Å². The average Bonchev–Trinajstić information content (AvgIpc) is 2.48. The summed E-state index contributed by atoms with van der Waals surface area (Å²) < 4.78 is 11.1. The van der Waals surface area contributed by atoms with Crippen molar-refractivity contribution in [2.24, 2.45) is 17.3 Å². The fourth-order valence-electron chi connectivity index (χ4n) is 4.45. The van der Waals surface area contributed by atoms with Gasteiger partial charge in [0.1, 0.15) is 0 Å². The average molecular weight is 280 g/mol. The van der Waals surface area contributed by atoms with Gasteiger partial charge in [0.05, 0.1) is 18.5 Å². The van der Waals surface area contributed by atoms with E-state index in [4.69, 9.17) is 9.47 Å². The standard InChI is InChI=1S/C18H32O2/c1-5-20-17-12-8-15(9-13-17)18(2,3)14-6-10-16(19-4)11-7-14/h5,14-17H,1,6-13H2,2-4H3. The highest BCUT2D eigenvalue weighted by atomic mass is 16.5. The SMILES string of the molecule is C=COC1CCC(C(C)(C)C2CCC(OC)CC2)CC1. The van der Waals surface area contributed by atoms with Crippen molar-refractivity contribution in [1.82, 2.24) is 0 Å². The molecule has 20 heavy (non-hydrogen) atoms. The second kappa shape index (κ2) is 6.98. The van der Waals surface area contributed by atoms with E-state index in [9.17, 15) is 0 Å². The summed E-state index contributed by atoms with van der Waals surface area (Å²) in [5.41, 5.74) is 0.470. The van der Waals surface area contributed by atoms with Crippen LogP contribution in [-0.4, -0.2) is 19.3 Å². The number of rotatable bonds is 5. The number of hydrogen-bond donors (Lipinski definition) is 0.